The average molecular weight is 853 g/mol. The summed E-state index contributed by atoms with van der Waals surface area (Å²) in [6.45, 7) is 16.7. The van der Waals surface area contributed by atoms with Crippen LogP contribution >= 0.6 is 24.8 Å². The first-order valence-corrected chi connectivity index (χ1v) is 34.2. The largest absolute Gasteiger partial charge is 0.147 e. The predicted octanol–water partition coefficient (Wildman–Crippen LogP) is 14.2. The topological polar surface area (TPSA) is 0 Å². The molecule has 284 valence electrons. The first-order chi connectivity index (χ1) is 24.6. The van der Waals surface area contributed by atoms with Gasteiger partial charge in [0.05, 0.1) is 0 Å². The monoisotopic (exact) mass is 850 g/mol. The van der Waals surface area contributed by atoms with E-state index in [1.54, 1.807) is 27.8 Å². The van der Waals surface area contributed by atoms with Gasteiger partial charge in [-0.2, -0.15) is 0 Å². The smallest absolute Gasteiger partial charge is 0.147 e. The molecule has 0 amide bonds. The Labute approximate surface area is 341 Å². The van der Waals surface area contributed by atoms with Gasteiger partial charge < -0.3 is 0 Å². The number of halogens is 2. The van der Waals surface area contributed by atoms with Crippen LogP contribution in [0.1, 0.15) is 121 Å². The molecule has 6 aliphatic rings. The van der Waals surface area contributed by atoms with Crippen molar-refractivity contribution in [1.82, 2.24) is 0 Å². The number of allylic oxidation sites excluding steroid dienone is 2. The zero-order chi connectivity index (χ0) is 36.4. The molecule has 4 saturated carbocycles. The van der Waals surface area contributed by atoms with Crippen LogP contribution in [0.4, 0.5) is 0 Å². The second kappa shape index (κ2) is 13.9. The van der Waals surface area contributed by atoms with Crippen molar-refractivity contribution in [2.45, 2.75) is 107 Å². The Morgan fingerprint density at radius 1 is 0.648 bits per heavy atom. The van der Waals surface area contributed by atoms with E-state index in [1.807, 2.05) is 0 Å². The Morgan fingerprint density at radius 2 is 1.11 bits per heavy atom. The Balaban J connectivity index is 0.00000225. The van der Waals surface area contributed by atoms with Crippen LogP contribution in [0.15, 0.2) is 96.1 Å². The molecular weight excluding hydrogens is 791 g/mol. The fraction of sp³-hybridized carbons (Fsp3) is 0.440. The number of fused-ring (bicyclic) bond motifs is 2. The Kier molecular flexibility index (Phi) is 10.3. The molecule has 4 bridgehead atoms. The number of hydrogen-bond donors (Lipinski definition) is 0. The Morgan fingerprint density at radius 3 is 1.59 bits per heavy atom. The van der Waals surface area contributed by atoms with Crippen molar-refractivity contribution >= 4 is 43.8 Å². The van der Waals surface area contributed by atoms with Gasteiger partial charge in [0.2, 0.25) is 0 Å². The molecule has 0 aliphatic heterocycles. The van der Waals surface area contributed by atoms with E-state index in [0.717, 1.165) is 17.8 Å². The van der Waals surface area contributed by atoms with Gasteiger partial charge in [0.25, 0.3) is 0 Å². The summed E-state index contributed by atoms with van der Waals surface area (Å²) in [7, 11) is 0. The summed E-state index contributed by atoms with van der Waals surface area (Å²) in [6.07, 6.45) is 14.1. The molecule has 4 aromatic rings. The molecule has 0 aromatic heterocycles. The maximum absolute atomic E-state index is 3.70. The normalized spacial score (nSPS) is 26.8. The summed E-state index contributed by atoms with van der Waals surface area (Å²) in [6, 6.07) is 33.9. The van der Waals surface area contributed by atoms with Crippen LogP contribution in [0.5, 0.6) is 0 Å². The molecule has 10 rings (SSSR count). The molecule has 0 heterocycles. The Hall–Kier alpha value is -1.96. The standard InChI is InChI=1S/C26H27.C22H25.2CH3.2ClH.H2Si.Zr/c1-17-9-22-3-2-4-24(25(22)10-17)21-5-7-23(8-6-21)26-14-18-11-19(15-26)13-20(12-18)16-26;1-15(2)18-13-17-7-6-8-20(21(17)14-18)16-9-11-19(12-10-16)22(3,4)5;;;;;;/h2-10,18-20H,11-16H2,1H3;6-15H,1-5H3;2*1H3;2*1H;1H2;. The quantitative estimate of drug-likeness (QED) is 0.170. The van der Waals surface area contributed by atoms with E-state index in [1.165, 1.54) is 77.5 Å². The van der Waals surface area contributed by atoms with Crippen LogP contribution in [0.3, 0.4) is 0 Å². The van der Waals surface area contributed by atoms with Crippen molar-refractivity contribution in [2.75, 3.05) is 0 Å². The van der Waals surface area contributed by atoms with Crippen LogP contribution in [0.2, 0.25) is 9.26 Å². The molecule has 0 spiro atoms. The molecule has 4 aromatic carbocycles. The minimum absolute atomic E-state index is 0. The summed E-state index contributed by atoms with van der Waals surface area (Å²) in [5.74, 6) is 3.45. The van der Waals surface area contributed by atoms with Gasteiger partial charge in [-0.1, -0.05) is 0 Å². The second-order valence-corrected chi connectivity index (χ2v) is 51.2. The summed E-state index contributed by atoms with van der Waals surface area (Å²) >= 11 is -3.70. The molecule has 54 heavy (non-hydrogen) atoms. The fourth-order valence-electron chi connectivity index (χ4n) is 13.1. The van der Waals surface area contributed by atoms with E-state index in [-0.39, 0.29) is 30.2 Å². The maximum atomic E-state index is 2.80. The maximum Gasteiger partial charge on any atom is -0.147 e. The van der Waals surface area contributed by atoms with Crippen LogP contribution < -0.4 is 0 Å². The number of hydrogen-bond acceptors (Lipinski definition) is 0. The SMILES string of the molecule is CC1=Cc2c(-c3ccc(C45CC6CC(CC(C6)C4)C5)cc3)cccc2[CH]1[Zr]([CH3])([CH3])(=[SiH2])[CH]1C(C(C)C)=Cc2c(-c3ccc(C(C)(C)C)cc3)cccc21.Cl.Cl. The number of benzene rings is 4. The van der Waals surface area contributed by atoms with Gasteiger partial charge >= 0.3 is 319 Å². The van der Waals surface area contributed by atoms with Crippen LogP contribution in [0, 0.1) is 23.7 Å². The van der Waals surface area contributed by atoms with Crippen molar-refractivity contribution in [3.63, 3.8) is 0 Å². The average Bonchev–Trinajstić information content (AvgIpc) is 3.67. The van der Waals surface area contributed by atoms with Crippen molar-refractivity contribution in [2.24, 2.45) is 23.7 Å². The Bertz CT molecular complexity index is 2190. The van der Waals surface area contributed by atoms with E-state index in [9.17, 15) is 0 Å². The molecule has 0 N–H and O–H groups in total. The van der Waals surface area contributed by atoms with E-state index >= 15 is 0 Å². The third-order valence-corrected chi connectivity index (χ3v) is 32.5. The summed E-state index contributed by atoms with van der Waals surface area (Å²) in [5.41, 5.74) is 18.6. The zero-order valence-electron chi connectivity index (χ0n) is 34.0. The third kappa shape index (κ3) is 6.41. The van der Waals surface area contributed by atoms with Crippen LogP contribution in [-0.2, 0) is 28.2 Å². The first-order valence-electron chi connectivity index (χ1n) is 20.5. The second-order valence-electron chi connectivity index (χ2n) is 20.7. The third-order valence-electron chi connectivity index (χ3n) is 14.8. The summed E-state index contributed by atoms with van der Waals surface area (Å²) < 4.78 is 6.63. The van der Waals surface area contributed by atoms with Crippen molar-refractivity contribution in [3.05, 3.63) is 129 Å². The fourth-order valence-corrected chi connectivity index (χ4v) is 33.7. The van der Waals surface area contributed by atoms with Gasteiger partial charge in [-0.05, 0) is 0 Å². The van der Waals surface area contributed by atoms with Crippen molar-refractivity contribution in [3.8, 4) is 22.3 Å². The molecule has 0 saturated heterocycles. The summed E-state index contributed by atoms with van der Waals surface area (Å²) in [4.78, 5) is 0. The van der Waals surface area contributed by atoms with E-state index in [2.05, 4.69) is 155 Å². The van der Waals surface area contributed by atoms with Gasteiger partial charge in [0, 0.05) is 0 Å². The molecule has 0 radical (unpaired) electrons. The van der Waals surface area contributed by atoms with Crippen LogP contribution in [0.25, 0.3) is 34.4 Å². The minimum atomic E-state index is -3.70. The molecular formula is C50H62Cl2SiZr. The number of rotatable bonds is 6. The van der Waals surface area contributed by atoms with Gasteiger partial charge in [0.15, 0.2) is 0 Å². The molecule has 4 fully saturated rings. The molecule has 2 unspecified atom stereocenters. The van der Waals surface area contributed by atoms with E-state index in [0.29, 0.717) is 18.6 Å². The zero-order valence-corrected chi connectivity index (χ0v) is 39.5. The van der Waals surface area contributed by atoms with Crippen molar-refractivity contribution < 1.29 is 17.4 Å². The minimum Gasteiger partial charge on any atom is -0.147 e. The van der Waals surface area contributed by atoms with E-state index < -0.39 is 17.4 Å². The molecule has 6 aliphatic carbocycles. The van der Waals surface area contributed by atoms with Gasteiger partial charge in [-0.25, -0.2) is 0 Å². The van der Waals surface area contributed by atoms with Gasteiger partial charge in [0.1, 0.15) is 0 Å². The van der Waals surface area contributed by atoms with Crippen LogP contribution in [-0.4, -0.2) is 6.88 Å². The molecule has 2 atom stereocenters. The predicted molar refractivity (Wildman–Crippen MR) is 239 cm³/mol. The summed E-state index contributed by atoms with van der Waals surface area (Å²) in [5, 5.41) is 0. The van der Waals surface area contributed by atoms with Gasteiger partial charge in [-0.15, -0.1) is 24.8 Å². The van der Waals surface area contributed by atoms with Crippen molar-refractivity contribution in [1.29, 1.82) is 0 Å². The van der Waals surface area contributed by atoms with E-state index in [4.69, 9.17) is 0 Å². The van der Waals surface area contributed by atoms with Gasteiger partial charge in [-0.3, -0.25) is 0 Å². The first kappa shape index (κ1) is 40.2. The molecule has 4 heteroatoms. The molecule has 0 nitrogen and oxygen atoms in total.